The zero-order valence-corrected chi connectivity index (χ0v) is 8.58. The topological polar surface area (TPSA) is 41.5 Å². The lowest BCUT2D eigenvalue weighted by atomic mass is 10.1. The van der Waals surface area contributed by atoms with Gasteiger partial charge in [0.2, 0.25) is 0 Å². The molecular weight excluding hydrogens is 223 g/mol. The maximum Gasteiger partial charge on any atom is 0.413 e. The quantitative estimate of drug-likeness (QED) is 0.788. The molecule has 0 spiro atoms. The van der Waals surface area contributed by atoms with E-state index in [1.54, 1.807) is 25.1 Å². The Morgan fingerprint density at radius 1 is 1.38 bits per heavy atom. The first-order chi connectivity index (χ1) is 7.40. The Bertz CT molecular complexity index is 341. The molecule has 1 aromatic rings. The van der Waals surface area contributed by atoms with Gasteiger partial charge in [-0.25, -0.2) is 0 Å². The smallest absolute Gasteiger partial charge is 0.413 e. The highest BCUT2D eigenvalue weighted by atomic mass is 19.4. The number of nitrogens with one attached hydrogen (secondary N) is 1. The summed E-state index contributed by atoms with van der Waals surface area (Å²) in [4.78, 5) is 4.28. The predicted molar refractivity (Wildman–Crippen MR) is 51.7 cm³/mol. The number of phenolic OH excluding ortho intramolecular Hbond substituents is 1. The maximum atomic E-state index is 11.8. The van der Waals surface area contributed by atoms with Gasteiger partial charge in [0, 0.05) is 5.56 Å². The first-order valence-corrected chi connectivity index (χ1v) is 4.62. The van der Waals surface area contributed by atoms with Gasteiger partial charge in [0.15, 0.2) is 6.61 Å². The van der Waals surface area contributed by atoms with Crippen LogP contribution in [0.2, 0.25) is 0 Å². The summed E-state index contributed by atoms with van der Waals surface area (Å²) < 4.78 is 35.3. The van der Waals surface area contributed by atoms with Crippen molar-refractivity contribution in [3.8, 4) is 5.75 Å². The zero-order chi connectivity index (χ0) is 12.2. The Kier molecular flexibility index (Phi) is 4.14. The molecule has 0 bridgehead atoms. The van der Waals surface area contributed by atoms with Gasteiger partial charge in [-0.05, 0) is 13.0 Å². The monoisotopic (exact) mass is 235 g/mol. The van der Waals surface area contributed by atoms with Gasteiger partial charge < -0.3 is 5.11 Å². The van der Waals surface area contributed by atoms with Crippen LogP contribution in [0.15, 0.2) is 24.3 Å². The van der Waals surface area contributed by atoms with Crippen LogP contribution >= 0.6 is 0 Å². The standard InChI is InChI=1S/C10H12F3NO2/c1-7(14-16-6-10(11,12)13)8-4-2-3-5-9(8)15/h2-5,7,14-15H,6H2,1H3. The number of halogens is 3. The third-order valence-electron chi connectivity index (χ3n) is 1.90. The van der Waals surface area contributed by atoms with E-state index in [-0.39, 0.29) is 5.75 Å². The van der Waals surface area contributed by atoms with Gasteiger partial charge in [-0.15, -0.1) is 0 Å². The molecule has 2 N–H and O–H groups in total. The largest absolute Gasteiger partial charge is 0.508 e. The van der Waals surface area contributed by atoms with Crippen LogP contribution < -0.4 is 5.48 Å². The molecule has 0 heterocycles. The van der Waals surface area contributed by atoms with E-state index >= 15 is 0 Å². The van der Waals surface area contributed by atoms with Gasteiger partial charge >= 0.3 is 6.18 Å². The molecule has 1 unspecified atom stereocenters. The zero-order valence-electron chi connectivity index (χ0n) is 8.58. The molecule has 16 heavy (non-hydrogen) atoms. The van der Waals surface area contributed by atoms with Gasteiger partial charge in [0.25, 0.3) is 0 Å². The fraction of sp³-hybridized carbons (Fsp3) is 0.400. The van der Waals surface area contributed by atoms with Crippen LogP contribution in [0.5, 0.6) is 5.75 Å². The fourth-order valence-corrected chi connectivity index (χ4v) is 1.17. The first kappa shape index (κ1) is 12.8. The van der Waals surface area contributed by atoms with E-state index in [2.05, 4.69) is 10.3 Å². The average molecular weight is 235 g/mol. The van der Waals surface area contributed by atoms with E-state index in [4.69, 9.17) is 0 Å². The second-order valence-electron chi connectivity index (χ2n) is 3.30. The number of alkyl halides is 3. The van der Waals surface area contributed by atoms with Crippen molar-refractivity contribution < 1.29 is 23.1 Å². The molecule has 0 saturated carbocycles. The van der Waals surface area contributed by atoms with Crippen molar-refractivity contribution in [3.63, 3.8) is 0 Å². The minimum Gasteiger partial charge on any atom is -0.508 e. The number of hydroxylamine groups is 1. The predicted octanol–water partition coefficient (Wildman–Crippen LogP) is 2.54. The summed E-state index contributed by atoms with van der Waals surface area (Å²) in [7, 11) is 0. The Hall–Kier alpha value is -1.27. The van der Waals surface area contributed by atoms with E-state index < -0.39 is 18.8 Å². The summed E-state index contributed by atoms with van der Waals surface area (Å²) in [5.74, 6) is 0.0121. The number of hydrogen-bond acceptors (Lipinski definition) is 3. The molecular formula is C10H12F3NO2. The van der Waals surface area contributed by atoms with Crippen LogP contribution in [0.3, 0.4) is 0 Å². The highest BCUT2D eigenvalue weighted by Gasteiger charge is 2.28. The second-order valence-corrected chi connectivity index (χ2v) is 3.30. The minimum atomic E-state index is -4.37. The summed E-state index contributed by atoms with van der Waals surface area (Å²) in [6.07, 6.45) is -4.37. The van der Waals surface area contributed by atoms with Crippen molar-refractivity contribution >= 4 is 0 Å². The van der Waals surface area contributed by atoms with E-state index in [0.29, 0.717) is 5.56 Å². The molecule has 1 rings (SSSR count). The van der Waals surface area contributed by atoms with Crippen molar-refractivity contribution in [1.29, 1.82) is 0 Å². The molecule has 1 atom stereocenters. The van der Waals surface area contributed by atoms with Gasteiger partial charge in [0.05, 0.1) is 6.04 Å². The molecule has 0 aliphatic carbocycles. The van der Waals surface area contributed by atoms with Gasteiger partial charge in [-0.2, -0.15) is 18.7 Å². The van der Waals surface area contributed by atoms with E-state index in [0.717, 1.165) is 0 Å². The molecule has 0 radical (unpaired) electrons. The minimum absolute atomic E-state index is 0.0121. The molecule has 0 fully saturated rings. The number of benzene rings is 1. The van der Waals surface area contributed by atoms with Gasteiger partial charge in [-0.1, -0.05) is 18.2 Å². The van der Waals surface area contributed by atoms with Crippen molar-refractivity contribution in [3.05, 3.63) is 29.8 Å². The molecule has 90 valence electrons. The van der Waals surface area contributed by atoms with Crippen molar-refractivity contribution in [2.24, 2.45) is 0 Å². The Morgan fingerprint density at radius 2 is 2.00 bits per heavy atom. The summed E-state index contributed by atoms with van der Waals surface area (Å²) in [6.45, 7) is 0.219. The lowest BCUT2D eigenvalue weighted by Crippen LogP contribution is -2.26. The molecule has 0 saturated heterocycles. The van der Waals surface area contributed by atoms with E-state index in [1.165, 1.54) is 6.07 Å². The number of hydrogen-bond donors (Lipinski definition) is 2. The summed E-state index contributed by atoms with van der Waals surface area (Å²) in [5, 5.41) is 9.42. The SMILES string of the molecule is CC(NOCC(F)(F)F)c1ccccc1O. The first-order valence-electron chi connectivity index (χ1n) is 4.62. The molecule has 0 aromatic heterocycles. The van der Waals surface area contributed by atoms with Crippen molar-refractivity contribution in [2.75, 3.05) is 6.61 Å². The highest BCUT2D eigenvalue weighted by molar-refractivity contribution is 5.33. The van der Waals surface area contributed by atoms with Gasteiger partial charge in [-0.3, -0.25) is 4.84 Å². The molecule has 3 nitrogen and oxygen atoms in total. The van der Waals surface area contributed by atoms with E-state index in [1.807, 2.05) is 0 Å². The molecule has 6 heteroatoms. The normalized spacial score (nSPS) is 13.8. The lowest BCUT2D eigenvalue weighted by molar-refractivity contribution is -0.192. The number of aromatic hydroxyl groups is 1. The summed E-state index contributed by atoms with van der Waals surface area (Å²) in [6, 6.07) is 5.84. The Morgan fingerprint density at radius 3 is 2.56 bits per heavy atom. The molecule has 0 aliphatic rings. The second kappa shape index (κ2) is 5.18. The fourth-order valence-electron chi connectivity index (χ4n) is 1.17. The van der Waals surface area contributed by atoms with Crippen LogP contribution in [-0.4, -0.2) is 17.9 Å². The van der Waals surface area contributed by atoms with Crippen LogP contribution in [0.4, 0.5) is 13.2 Å². The Balaban J connectivity index is 2.47. The van der Waals surface area contributed by atoms with Crippen molar-refractivity contribution in [2.45, 2.75) is 19.1 Å². The molecule has 1 aromatic carbocycles. The third kappa shape index (κ3) is 4.08. The third-order valence-corrected chi connectivity index (χ3v) is 1.90. The summed E-state index contributed by atoms with van der Waals surface area (Å²) in [5.41, 5.74) is 2.69. The van der Waals surface area contributed by atoms with Crippen LogP contribution in [0.25, 0.3) is 0 Å². The van der Waals surface area contributed by atoms with Crippen LogP contribution in [0.1, 0.15) is 18.5 Å². The number of phenols is 1. The number of para-hydroxylation sites is 1. The molecule has 0 aliphatic heterocycles. The Labute approximate surface area is 90.8 Å². The van der Waals surface area contributed by atoms with Gasteiger partial charge in [0.1, 0.15) is 5.75 Å². The average Bonchev–Trinajstić information content (AvgIpc) is 2.16. The highest BCUT2D eigenvalue weighted by Crippen LogP contribution is 2.23. The summed E-state index contributed by atoms with van der Waals surface area (Å²) >= 11 is 0. The van der Waals surface area contributed by atoms with Crippen molar-refractivity contribution in [1.82, 2.24) is 5.48 Å². The van der Waals surface area contributed by atoms with E-state index in [9.17, 15) is 18.3 Å². The lowest BCUT2D eigenvalue weighted by Gasteiger charge is -2.16. The number of rotatable bonds is 4. The van der Waals surface area contributed by atoms with Crippen LogP contribution in [-0.2, 0) is 4.84 Å². The van der Waals surface area contributed by atoms with Crippen LogP contribution in [0, 0.1) is 0 Å². The maximum absolute atomic E-state index is 11.8. The molecule has 0 amide bonds.